The van der Waals surface area contributed by atoms with Gasteiger partial charge in [0.2, 0.25) is 0 Å². The second kappa shape index (κ2) is 6.83. The fraction of sp³-hybridized carbons (Fsp3) is 0.200. The molecule has 132 valence electrons. The summed E-state index contributed by atoms with van der Waals surface area (Å²) in [5.74, 6) is 0.843. The lowest BCUT2D eigenvalue weighted by Crippen LogP contribution is -1.91. The highest BCUT2D eigenvalue weighted by molar-refractivity contribution is 7.21. The van der Waals surface area contributed by atoms with Crippen molar-refractivity contribution in [1.29, 1.82) is 0 Å². The Morgan fingerprint density at radius 1 is 1.08 bits per heavy atom. The molecule has 0 aliphatic carbocycles. The summed E-state index contributed by atoms with van der Waals surface area (Å²) < 4.78 is 11.7. The largest absolute Gasteiger partial charge is 0.497 e. The van der Waals surface area contributed by atoms with Gasteiger partial charge in [-0.3, -0.25) is 4.98 Å². The molecule has 0 fully saturated rings. The normalized spacial score (nSPS) is 11.4. The van der Waals surface area contributed by atoms with E-state index in [1.165, 1.54) is 0 Å². The van der Waals surface area contributed by atoms with E-state index in [9.17, 15) is 0 Å². The number of aryl methyl sites for hydroxylation is 1. The number of fused-ring (bicyclic) bond motifs is 2. The zero-order valence-corrected chi connectivity index (χ0v) is 16.2. The average molecular weight is 385 g/mol. The molecule has 2 aromatic carbocycles. The van der Waals surface area contributed by atoms with Gasteiger partial charge in [0.15, 0.2) is 0 Å². The van der Waals surface area contributed by atoms with Gasteiger partial charge in [-0.15, -0.1) is 11.3 Å². The number of benzene rings is 2. The highest BCUT2D eigenvalue weighted by Crippen LogP contribution is 2.37. The predicted octanol–water partition coefficient (Wildman–Crippen LogP) is 5.63. The van der Waals surface area contributed by atoms with Gasteiger partial charge in [-0.05, 0) is 48.4 Å². The molecule has 0 saturated carbocycles. The molecule has 0 saturated heterocycles. The van der Waals surface area contributed by atoms with Gasteiger partial charge in [-0.25, -0.2) is 4.98 Å². The van der Waals surface area contributed by atoms with Gasteiger partial charge in [-0.1, -0.05) is 11.6 Å². The van der Waals surface area contributed by atoms with E-state index in [-0.39, 0.29) is 0 Å². The molecule has 6 heteroatoms. The number of ether oxygens (including phenoxy) is 2. The van der Waals surface area contributed by atoms with E-state index in [2.05, 4.69) is 17.1 Å². The summed E-state index contributed by atoms with van der Waals surface area (Å²) in [6, 6.07) is 10.1. The Balaban J connectivity index is 1.87. The first-order chi connectivity index (χ1) is 12.6. The molecule has 0 radical (unpaired) electrons. The number of aromatic nitrogens is 2. The first-order valence-electron chi connectivity index (χ1n) is 8.11. The minimum atomic E-state index is 0.519. The van der Waals surface area contributed by atoms with Crippen LogP contribution in [-0.2, 0) is 11.3 Å². The molecule has 0 N–H and O–H groups in total. The van der Waals surface area contributed by atoms with Crippen molar-refractivity contribution in [3.05, 3.63) is 52.7 Å². The van der Waals surface area contributed by atoms with Crippen LogP contribution in [0, 0.1) is 6.92 Å². The van der Waals surface area contributed by atoms with Crippen LogP contribution in [0.2, 0.25) is 5.02 Å². The van der Waals surface area contributed by atoms with Crippen LogP contribution in [0.1, 0.15) is 11.1 Å². The number of rotatable bonds is 4. The first-order valence-corrected chi connectivity index (χ1v) is 9.31. The Morgan fingerprint density at radius 2 is 1.92 bits per heavy atom. The quantitative estimate of drug-likeness (QED) is 0.457. The van der Waals surface area contributed by atoms with E-state index in [1.54, 1.807) is 31.8 Å². The Kier molecular flexibility index (Phi) is 4.53. The Labute approximate surface area is 160 Å². The zero-order valence-electron chi connectivity index (χ0n) is 14.7. The zero-order chi connectivity index (χ0) is 18.3. The molecule has 4 rings (SSSR count). The minimum absolute atomic E-state index is 0.519. The number of nitrogens with zero attached hydrogens (tertiary/aromatic N) is 2. The summed E-state index contributed by atoms with van der Waals surface area (Å²) >= 11 is 8.11. The van der Waals surface area contributed by atoms with Crippen molar-refractivity contribution in [3.63, 3.8) is 0 Å². The number of hydrogen-bond acceptors (Lipinski definition) is 5. The molecular weight excluding hydrogens is 368 g/mol. The van der Waals surface area contributed by atoms with Crippen LogP contribution in [0.3, 0.4) is 0 Å². The van der Waals surface area contributed by atoms with E-state index >= 15 is 0 Å². The van der Waals surface area contributed by atoms with Gasteiger partial charge >= 0.3 is 0 Å². The van der Waals surface area contributed by atoms with Crippen molar-refractivity contribution in [3.8, 4) is 16.3 Å². The summed E-state index contributed by atoms with van der Waals surface area (Å²) in [4.78, 5) is 9.29. The standard InChI is InChI=1S/C20H17ClN2O2S/c1-11-4-15(25-3)8-17-18(11)23-20(26-17)14-6-13-5-12(10-24-2)9-22-19(13)16(21)7-14/h4-9H,10H2,1-3H3. The Morgan fingerprint density at radius 3 is 2.69 bits per heavy atom. The summed E-state index contributed by atoms with van der Waals surface area (Å²) in [6.45, 7) is 2.56. The monoisotopic (exact) mass is 384 g/mol. The topological polar surface area (TPSA) is 44.2 Å². The van der Waals surface area contributed by atoms with Crippen LogP contribution in [0.4, 0.5) is 0 Å². The molecule has 0 aliphatic rings. The lowest BCUT2D eigenvalue weighted by atomic mass is 10.1. The molecule has 0 amide bonds. The molecule has 4 nitrogen and oxygen atoms in total. The maximum absolute atomic E-state index is 6.48. The average Bonchev–Trinajstić information content (AvgIpc) is 3.06. The van der Waals surface area contributed by atoms with Gasteiger partial charge in [0, 0.05) is 24.3 Å². The molecule has 0 aliphatic heterocycles. The predicted molar refractivity (Wildman–Crippen MR) is 107 cm³/mol. The molecule has 0 atom stereocenters. The van der Waals surface area contributed by atoms with Crippen LogP contribution in [0.15, 0.2) is 36.5 Å². The molecule has 4 aromatic rings. The molecule has 0 unspecified atom stereocenters. The van der Waals surface area contributed by atoms with Gasteiger partial charge in [-0.2, -0.15) is 0 Å². The van der Waals surface area contributed by atoms with Crippen molar-refractivity contribution in [2.24, 2.45) is 0 Å². The Bertz CT molecular complexity index is 1120. The fourth-order valence-corrected chi connectivity index (χ4v) is 4.36. The van der Waals surface area contributed by atoms with Crippen molar-refractivity contribution >= 4 is 44.1 Å². The van der Waals surface area contributed by atoms with E-state index in [1.807, 2.05) is 25.1 Å². The highest BCUT2D eigenvalue weighted by Gasteiger charge is 2.13. The number of halogens is 1. The summed E-state index contributed by atoms with van der Waals surface area (Å²) in [5.41, 5.74) is 4.87. The molecule has 0 bridgehead atoms. The third-order valence-corrected chi connectivity index (χ3v) is 5.59. The van der Waals surface area contributed by atoms with E-state index in [0.29, 0.717) is 11.6 Å². The van der Waals surface area contributed by atoms with Crippen LogP contribution in [0.5, 0.6) is 5.75 Å². The van der Waals surface area contributed by atoms with Crippen molar-refractivity contribution in [1.82, 2.24) is 9.97 Å². The van der Waals surface area contributed by atoms with Crippen molar-refractivity contribution in [2.45, 2.75) is 13.5 Å². The van der Waals surface area contributed by atoms with Crippen molar-refractivity contribution < 1.29 is 9.47 Å². The lowest BCUT2D eigenvalue weighted by molar-refractivity contribution is 0.185. The number of thiazole rings is 1. The highest BCUT2D eigenvalue weighted by atomic mass is 35.5. The van der Waals surface area contributed by atoms with Gasteiger partial charge < -0.3 is 9.47 Å². The van der Waals surface area contributed by atoms with Crippen LogP contribution < -0.4 is 4.74 Å². The number of methoxy groups -OCH3 is 2. The minimum Gasteiger partial charge on any atom is -0.497 e. The molecule has 0 spiro atoms. The Hall–Kier alpha value is -2.21. The maximum atomic E-state index is 6.48. The first kappa shape index (κ1) is 17.2. The van der Waals surface area contributed by atoms with Crippen molar-refractivity contribution in [2.75, 3.05) is 14.2 Å². The number of pyridine rings is 1. The van der Waals surface area contributed by atoms with E-state index in [0.717, 1.165) is 48.6 Å². The molecule has 2 aromatic heterocycles. The molecule has 2 heterocycles. The summed E-state index contributed by atoms with van der Waals surface area (Å²) in [6.07, 6.45) is 1.80. The van der Waals surface area contributed by atoms with Crippen LogP contribution in [-0.4, -0.2) is 24.2 Å². The fourth-order valence-electron chi connectivity index (χ4n) is 3.03. The van der Waals surface area contributed by atoms with Gasteiger partial charge in [0.25, 0.3) is 0 Å². The SMILES string of the molecule is COCc1cnc2c(Cl)cc(-c3nc4c(C)cc(OC)cc4s3)cc2c1. The number of hydrogen-bond donors (Lipinski definition) is 0. The maximum Gasteiger partial charge on any atom is 0.124 e. The second-order valence-electron chi connectivity index (χ2n) is 6.12. The lowest BCUT2D eigenvalue weighted by Gasteiger charge is -2.06. The summed E-state index contributed by atoms with van der Waals surface area (Å²) in [7, 11) is 3.35. The van der Waals surface area contributed by atoms with Crippen LogP contribution >= 0.6 is 22.9 Å². The summed E-state index contributed by atoms with van der Waals surface area (Å²) in [5, 5.41) is 2.53. The van der Waals surface area contributed by atoms with Crippen LogP contribution in [0.25, 0.3) is 31.7 Å². The van der Waals surface area contributed by atoms with Gasteiger partial charge in [0.05, 0.1) is 34.5 Å². The second-order valence-corrected chi connectivity index (χ2v) is 7.55. The third kappa shape index (κ3) is 3.03. The van der Waals surface area contributed by atoms with E-state index in [4.69, 9.17) is 26.1 Å². The van der Waals surface area contributed by atoms with E-state index < -0.39 is 0 Å². The van der Waals surface area contributed by atoms with Gasteiger partial charge in [0.1, 0.15) is 10.8 Å². The smallest absolute Gasteiger partial charge is 0.124 e. The third-order valence-electron chi connectivity index (χ3n) is 4.25. The molecule has 26 heavy (non-hydrogen) atoms. The molecular formula is C20H17ClN2O2S.